The monoisotopic (exact) mass is 178 g/mol. The molecule has 0 saturated heterocycles. The molecule has 0 bridgehead atoms. The van der Waals surface area contributed by atoms with Crippen LogP contribution in [0.2, 0.25) is 0 Å². The van der Waals surface area contributed by atoms with E-state index >= 15 is 0 Å². The number of hydrogen-bond acceptors (Lipinski definition) is 3. The highest BCUT2D eigenvalue weighted by atomic mass is 16.4. The number of aliphatic carboxylic acids is 1. The van der Waals surface area contributed by atoms with Crippen LogP contribution in [-0.2, 0) is 4.79 Å². The van der Waals surface area contributed by atoms with E-state index in [0.717, 1.165) is 0 Å². The van der Waals surface area contributed by atoms with Crippen LogP contribution in [-0.4, -0.2) is 27.3 Å². The summed E-state index contributed by atoms with van der Waals surface area (Å²) >= 11 is 0. The number of H-pyrrole nitrogens is 1. The highest BCUT2D eigenvalue weighted by Crippen LogP contribution is 2.00. The lowest BCUT2D eigenvalue weighted by molar-refractivity contribution is -0.130. The maximum absolute atomic E-state index is 10.4. The van der Waals surface area contributed by atoms with E-state index in [1.807, 2.05) is 5.92 Å². The summed E-state index contributed by atoms with van der Waals surface area (Å²) < 4.78 is 0. The Kier molecular flexibility index (Phi) is 2.45. The minimum Gasteiger partial charge on any atom is -0.472 e. The predicted molar refractivity (Wildman–Crippen MR) is 43.2 cm³/mol. The largest absolute Gasteiger partial charge is 0.472 e. The second kappa shape index (κ2) is 3.54. The van der Waals surface area contributed by atoms with Crippen molar-refractivity contribution in [3.8, 4) is 11.8 Å². The fourth-order valence-electron chi connectivity index (χ4n) is 0.806. The van der Waals surface area contributed by atoms with Gasteiger partial charge in [-0.05, 0) is 12.8 Å². The number of nitrogens with zero attached hydrogens (tertiary/aromatic N) is 1. The van der Waals surface area contributed by atoms with Crippen molar-refractivity contribution in [2.45, 2.75) is 6.92 Å². The van der Waals surface area contributed by atoms with Gasteiger partial charge in [0.2, 0.25) is 0 Å². The van der Waals surface area contributed by atoms with Gasteiger partial charge >= 0.3 is 5.97 Å². The van der Waals surface area contributed by atoms with Gasteiger partial charge in [-0.25, -0.2) is 9.78 Å². The molecular formula is C8H6N2O3. The third-order valence-electron chi connectivity index (χ3n) is 1.26. The molecule has 0 fully saturated rings. The molecule has 0 spiro atoms. The van der Waals surface area contributed by atoms with Gasteiger partial charge < -0.3 is 10.1 Å². The lowest BCUT2D eigenvalue weighted by atomic mass is 10.3. The Bertz CT molecular complexity index is 409. The van der Waals surface area contributed by atoms with E-state index in [1.165, 1.54) is 0 Å². The van der Waals surface area contributed by atoms with Crippen molar-refractivity contribution in [1.29, 1.82) is 0 Å². The Labute approximate surface area is 73.8 Å². The second-order valence-corrected chi connectivity index (χ2v) is 2.26. The number of hydrogen-bond donors (Lipinski definition) is 2. The van der Waals surface area contributed by atoms with E-state index in [9.17, 15) is 9.59 Å². The molecule has 0 saturated carbocycles. The van der Waals surface area contributed by atoms with Crippen LogP contribution in [0.5, 0.6) is 0 Å². The van der Waals surface area contributed by atoms with Gasteiger partial charge in [0.05, 0.1) is 0 Å². The molecule has 2 N–H and O–H groups in total. The Hall–Kier alpha value is -2.09. The smallest absolute Gasteiger partial charge is 0.382 e. The SMILES string of the molecule is Cc1nc(C=O)c(C#CC(=O)O)[nH]1. The molecule has 5 nitrogen and oxygen atoms in total. The third-order valence-corrected chi connectivity index (χ3v) is 1.26. The quantitative estimate of drug-likeness (QED) is 0.467. The summed E-state index contributed by atoms with van der Waals surface area (Å²) in [5, 5.41) is 8.25. The summed E-state index contributed by atoms with van der Waals surface area (Å²) in [7, 11) is 0. The van der Waals surface area contributed by atoms with Crippen LogP contribution in [0.1, 0.15) is 22.0 Å². The van der Waals surface area contributed by atoms with Crippen molar-refractivity contribution >= 4 is 12.3 Å². The molecule has 1 heterocycles. The molecule has 1 aromatic rings. The summed E-state index contributed by atoms with van der Waals surface area (Å²) in [5.41, 5.74) is 0.362. The van der Waals surface area contributed by atoms with Gasteiger partial charge in [-0.2, -0.15) is 0 Å². The van der Waals surface area contributed by atoms with Crippen LogP contribution in [0, 0.1) is 18.8 Å². The molecule has 0 aliphatic rings. The molecule has 0 aliphatic heterocycles. The number of carboxylic acids is 1. The summed E-state index contributed by atoms with van der Waals surface area (Å²) in [4.78, 5) is 26.9. The molecule has 5 heteroatoms. The molecule has 0 aromatic carbocycles. The Morgan fingerprint density at radius 3 is 2.92 bits per heavy atom. The normalized spacial score (nSPS) is 8.69. The molecule has 0 amide bonds. The van der Waals surface area contributed by atoms with Crippen LogP contribution in [0.4, 0.5) is 0 Å². The van der Waals surface area contributed by atoms with Crippen molar-refractivity contribution < 1.29 is 14.7 Å². The minimum atomic E-state index is -1.25. The van der Waals surface area contributed by atoms with Gasteiger partial charge in [0, 0.05) is 5.92 Å². The van der Waals surface area contributed by atoms with E-state index in [2.05, 4.69) is 15.9 Å². The van der Waals surface area contributed by atoms with Gasteiger partial charge in [0.15, 0.2) is 6.29 Å². The second-order valence-electron chi connectivity index (χ2n) is 2.26. The lowest BCUT2D eigenvalue weighted by Crippen LogP contribution is -1.89. The number of carbonyl (C=O) groups excluding carboxylic acids is 1. The zero-order chi connectivity index (χ0) is 9.84. The van der Waals surface area contributed by atoms with Crippen LogP contribution < -0.4 is 0 Å². The van der Waals surface area contributed by atoms with E-state index in [4.69, 9.17) is 5.11 Å². The standard InChI is InChI=1S/C8H6N2O3/c1-5-9-6(2-3-8(12)13)7(4-11)10-5/h4H,1H3,(H,9,10)(H,12,13). The number of imidazole rings is 1. The average Bonchev–Trinajstić information content (AvgIpc) is 2.42. The first kappa shape index (κ1) is 9.00. The maximum atomic E-state index is 10.4. The van der Waals surface area contributed by atoms with Crippen LogP contribution in [0.25, 0.3) is 0 Å². The number of rotatable bonds is 1. The molecule has 0 aliphatic carbocycles. The summed E-state index contributed by atoms with van der Waals surface area (Å²) in [5.74, 6) is 3.45. The number of aryl methyl sites for hydroxylation is 1. The van der Waals surface area contributed by atoms with Gasteiger partial charge in [-0.3, -0.25) is 4.79 Å². The molecule has 66 valence electrons. The Balaban J connectivity index is 3.08. The Morgan fingerprint density at radius 2 is 2.38 bits per heavy atom. The molecule has 1 aromatic heterocycles. The van der Waals surface area contributed by atoms with Crippen molar-refractivity contribution in [3.63, 3.8) is 0 Å². The summed E-state index contributed by atoms with van der Waals surface area (Å²) in [6.07, 6.45) is 0.523. The summed E-state index contributed by atoms with van der Waals surface area (Å²) in [6.45, 7) is 1.65. The molecule has 1 rings (SSSR count). The van der Waals surface area contributed by atoms with Crippen LogP contribution in [0.15, 0.2) is 0 Å². The molecule has 0 unspecified atom stereocenters. The number of aromatic nitrogens is 2. The van der Waals surface area contributed by atoms with Gasteiger partial charge in [-0.1, -0.05) is 0 Å². The first-order chi connectivity index (χ1) is 6.13. The lowest BCUT2D eigenvalue weighted by Gasteiger charge is -1.80. The zero-order valence-corrected chi connectivity index (χ0v) is 6.79. The van der Waals surface area contributed by atoms with Gasteiger partial charge in [-0.15, -0.1) is 0 Å². The van der Waals surface area contributed by atoms with Crippen molar-refractivity contribution in [1.82, 2.24) is 9.97 Å². The fourth-order valence-corrected chi connectivity index (χ4v) is 0.806. The van der Waals surface area contributed by atoms with Crippen molar-refractivity contribution in [3.05, 3.63) is 17.2 Å². The maximum Gasteiger partial charge on any atom is 0.382 e. The van der Waals surface area contributed by atoms with E-state index in [-0.39, 0.29) is 11.4 Å². The molecule has 0 radical (unpaired) electrons. The average molecular weight is 178 g/mol. The summed E-state index contributed by atoms with van der Waals surface area (Å²) in [6, 6.07) is 0. The van der Waals surface area contributed by atoms with E-state index in [1.54, 1.807) is 6.92 Å². The fraction of sp³-hybridized carbons (Fsp3) is 0.125. The number of carboxylic acid groups (broad SMARTS) is 1. The van der Waals surface area contributed by atoms with Gasteiger partial charge in [0.1, 0.15) is 17.2 Å². The number of aldehydes is 1. The van der Waals surface area contributed by atoms with Crippen LogP contribution in [0.3, 0.4) is 0 Å². The van der Waals surface area contributed by atoms with Gasteiger partial charge in [0.25, 0.3) is 0 Å². The topological polar surface area (TPSA) is 83.1 Å². The highest BCUT2D eigenvalue weighted by molar-refractivity contribution is 5.88. The van der Waals surface area contributed by atoms with Crippen molar-refractivity contribution in [2.24, 2.45) is 0 Å². The molecular weight excluding hydrogens is 172 g/mol. The van der Waals surface area contributed by atoms with E-state index < -0.39 is 5.97 Å². The predicted octanol–water partition coefficient (Wildman–Crippen LogP) is -0.0333. The number of aromatic amines is 1. The highest BCUT2D eigenvalue weighted by Gasteiger charge is 2.03. The van der Waals surface area contributed by atoms with Crippen LogP contribution >= 0.6 is 0 Å². The first-order valence-corrected chi connectivity index (χ1v) is 3.40. The zero-order valence-electron chi connectivity index (χ0n) is 6.79. The number of carbonyl (C=O) groups is 2. The Morgan fingerprint density at radius 1 is 1.69 bits per heavy atom. The molecule has 13 heavy (non-hydrogen) atoms. The van der Waals surface area contributed by atoms with Crippen molar-refractivity contribution in [2.75, 3.05) is 0 Å². The first-order valence-electron chi connectivity index (χ1n) is 3.40. The van der Waals surface area contributed by atoms with E-state index in [0.29, 0.717) is 12.1 Å². The molecule has 0 atom stereocenters. The third kappa shape index (κ3) is 2.17. The number of nitrogens with one attached hydrogen (secondary N) is 1. The minimum absolute atomic E-state index is 0.131.